The first-order chi connectivity index (χ1) is 9.52. The lowest BCUT2D eigenvalue weighted by molar-refractivity contribution is 0.444. The van der Waals surface area contributed by atoms with Crippen LogP contribution in [0.25, 0.3) is 0 Å². The molecule has 0 heterocycles. The number of anilines is 1. The van der Waals surface area contributed by atoms with Crippen molar-refractivity contribution in [3.05, 3.63) is 53.3 Å². The summed E-state index contributed by atoms with van der Waals surface area (Å²) in [6.07, 6.45) is 0. The van der Waals surface area contributed by atoms with E-state index in [9.17, 15) is 14.6 Å². The summed E-state index contributed by atoms with van der Waals surface area (Å²) in [6, 6.07) is 9.99. The molecule has 0 saturated carbocycles. The second-order valence-electron chi connectivity index (χ2n) is 4.38. The van der Waals surface area contributed by atoms with Crippen molar-refractivity contribution in [1.82, 2.24) is 0 Å². The molecule has 0 aliphatic carbocycles. The first-order valence-electron chi connectivity index (χ1n) is 6.00. The number of halogens is 1. The molecule has 102 valence electrons. The summed E-state index contributed by atoms with van der Waals surface area (Å²) < 4.78 is 13.5. The van der Waals surface area contributed by atoms with E-state index in [0.717, 1.165) is 0 Å². The molecule has 4 nitrogen and oxygen atoms in total. The highest BCUT2D eigenvalue weighted by atomic mass is 19.1. The number of phenolic OH excluding ortho intramolecular Hbond substituents is 2. The van der Waals surface area contributed by atoms with E-state index in [4.69, 9.17) is 5.26 Å². The van der Waals surface area contributed by atoms with Crippen molar-refractivity contribution >= 4 is 5.69 Å². The van der Waals surface area contributed by atoms with Crippen molar-refractivity contribution in [1.29, 1.82) is 5.26 Å². The predicted molar refractivity (Wildman–Crippen MR) is 72.9 cm³/mol. The number of hydrogen-bond donors (Lipinski definition) is 3. The van der Waals surface area contributed by atoms with Crippen LogP contribution in [-0.4, -0.2) is 10.2 Å². The maximum atomic E-state index is 13.5. The molecule has 0 spiro atoms. The molecule has 2 aromatic rings. The molecule has 0 aliphatic heterocycles. The molecule has 3 N–H and O–H groups in total. The highest BCUT2D eigenvalue weighted by Gasteiger charge is 2.14. The summed E-state index contributed by atoms with van der Waals surface area (Å²) in [5.74, 6) is -0.707. The summed E-state index contributed by atoms with van der Waals surface area (Å²) in [6.45, 7) is 1.76. The SMILES string of the molecule is CC(Nc1cccc(F)c1C#N)c1ccc(O)cc1O. The number of aromatic hydroxyl groups is 2. The number of nitrogens with one attached hydrogen (secondary N) is 1. The quantitative estimate of drug-likeness (QED) is 0.801. The second-order valence-corrected chi connectivity index (χ2v) is 4.38. The van der Waals surface area contributed by atoms with Crippen molar-refractivity contribution < 1.29 is 14.6 Å². The van der Waals surface area contributed by atoms with Crippen LogP contribution < -0.4 is 5.32 Å². The molecule has 2 rings (SSSR count). The third-order valence-electron chi connectivity index (χ3n) is 2.98. The molecule has 1 unspecified atom stereocenters. The minimum atomic E-state index is -0.598. The van der Waals surface area contributed by atoms with Crippen LogP contribution in [0.2, 0.25) is 0 Å². The van der Waals surface area contributed by atoms with Gasteiger partial charge in [-0.1, -0.05) is 6.07 Å². The Kier molecular flexibility index (Phi) is 3.76. The number of benzene rings is 2. The van der Waals surface area contributed by atoms with Crippen LogP contribution in [-0.2, 0) is 0 Å². The Morgan fingerprint density at radius 3 is 2.65 bits per heavy atom. The summed E-state index contributed by atoms with van der Waals surface area (Å²) in [4.78, 5) is 0. The van der Waals surface area contributed by atoms with E-state index in [1.165, 1.54) is 24.3 Å². The van der Waals surface area contributed by atoms with Crippen LogP contribution in [0.3, 0.4) is 0 Å². The molecule has 0 aromatic heterocycles. The average Bonchev–Trinajstić information content (AvgIpc) is 2.38. The number of nitrogens with zero attached hydrogens (tertiary/aromatic N) is 1. The molecule has 5 heteroatoms. The van der Waals surface area contributed by atoms with Gasteiger partial charge in [-0.3, -0.25) is 0 Å². The fourth-order valence-corrected chi connectivity index (χ4v) is 1.97. The standard InChI is InChI=1S/C15H13FN2O2/c1-9(11-6-5-10(19)7-15(11)20)18-14-4-2-3-13(16)12(14)8-17/h2-7,9,18-20H,1H3. The van der Waals surface area contributed by atoms with Crippen LogP contribution in [0, 0.1) is 17.1 Å². The molecular formula is C15H13FN2O2. The maximum absolute atomic E-state index is 13.5. The van der Waals surface area contributed by atoms with Gasteiger partial charge in [-0.25, -0.2) is 4.39 Å². The Hall–Kier alpha value is -2.74. The fraction of sp³-hybridized carbons (Fsp3) is 0.133. The van der Waals surface area contributed by atoms with E-state index >= 15 is 0 Å². The lowest BCUT2D eigenvalue weighted by Gasteiger charge is -2.18. The van der Waals surface area contributed by atoms with Crippen LogP contribution >= 0.6 is 0 Å². The molecule has 20 heavy (non-hydrogen) atoms. The van der Waals surface area contributed by atoms with Gasteiger partial charge in [0.15, 0.2) is 0 Å². The van der Waals surface area contributed by atoms with Crippen molar-refractivity contribution in [2.24, 2.45) is 0 Å². The normalized spacial score (nSPS) is 11.7. The van der Waals surface area contributed by atoms with E-state index in [-0.39, 0.29) is 23.1 Å². The molecule has 0 amide bonds. The van der Waals surface area contributed by atoms with Gasteiger partial charge in [0.05, 0.1) is 11.7 Å². The Morgan fingerprint density at radius 1 is 1.25 bits per heavy atom. The van der Waals surface area contributed by atoms with E-state index in [1.54, 1.807) is 25.1 Å². The van der Waals surface area contributed by atoms with Gasteiger partial charge in [0.1, 0.15) is 28.9 Å². The molecule has 0 fully saturated rings. The van der Waals surface area contributed by atoms with Crippen molar-refractivity contribution in [3.63, 3.8) is 0 Å². The van der Waals surface area contributed by atoms with Crippen LogP contribution in [0.1, 0.15) is 24.1 Å². The van der Waals surface area contributed by atoms with Gasteiger partial charge in [-0.15, -0.1) is 0 Å². The van der Waals surface area contributed by atoms with Crippen molar-refractivity contribution in [2.75, 3.05) is 5.32 Å². The third kappa shape index (κ3) is 2.64. The van der Waals surface area contributed by atoms with E-state index < -0.39 is 5.82 Å². The van der Waals surface area contributed by atoms with Crippen LogP contribution in [0.5, 0.6) is 11.5 Å². The zero-order valence-corrected chi connectivity index (χ0v) is 10.8. The number of rotatable bonds is 3. The number of nitriles is 1. The summed E-state index contributed by atoms with van der Waals surface area (Å²) in [5.41, 5.74) is 0.820. The average molecular weight is 272 g/mol. The Labute approximate surface area is 115 Å². The summed E-state index contributed by atoms with van der Waals surface area (Å²) in [5, 5.41) is 31.0. The molecule has 0 bridgehead atoms. The van der Waals surface area contributed by atoms with Gasteiger partial charge in [0.25, 0.3) is 0 Å². The molecule has 1 atom stereocenters. The molecule has 0 radical (unpaired) electrons. The predicted octanol–water partition coefficient (Wildman–Crippen LogP) is 3.28. The van der Waals surface area contributed by atoms with Crippen molar-refractivity contribution in [3.8, 4) is 17.6 Å². The zero-order chi connectivity index (χ0) is 14.7. The van der Waals surface area contributed by atoms with Gasteiger partial charge in [-0.2, -0.15) is 5.26 Å². The monoisotopic (exact) mass is 272 g/mol. The molecule has 0 saturated heterocycles. The highest BCUT2D eigenvalue weighted by Crippen LogP contribution is 2.31. The Morgan fingerprint density at radius 2 is 2.00 bits per heavy atom. The van der Waals surface area contributed by atoms with Gasteiger partial charge < -0.3 is 15.5 Å². The number of phenols is 2. The van der Waals surface area contributed by atoms with Gasteiger partial charge in [-0.05, 0) is 31.2 Å². The first kappa shape index (κ1) is 13.7. The summed E-state index contributed by atoms with van der Waals surface area (Å²) in [7, 11) is 0. The smallest absolute Gasteiger partial charge is 0.143 e. The Bertz CT molecular complexity index is 680. The molecule has 0 aliphatic rings. The van der Waals surface area contributed by atoms with E-state index in [0.29, 0.717) is 11.3 Å². The lowest BCUT2D eigenvalue weighted by atomic mass is 10.1. The largest absolute Gasteiger partial charge is 0.508 e. The van der Waals surface area contributed by atoms with E-state index in [1.807, 2.05) is 0 Å². The maximum Gasteiger partial charge on any atom is 0.143 e. The Balaban J connectivity index is 2.31. The molecular weight excluding hydrogens is 259 g/mol. The van der Waals surface area contributed by atoms with E-state index in [2.05, 4.69) is 5.32 Å². The van der Waals surface area contributed by atoms with Gasteiger partial charge >= 0.3 is 0 Å². The minimum absolute atomic E-state index is 0.0399. The second kappa shape index (κ2) is 5.49. The summed E-state index contributed by atoms with van der Waals surface area (Å²) >= 11 is 0. The number of hydrogen-bond acceptors (Lipinski definition) is 4. The van der Waals surface area contributed by atoms with Crippen LogP contribution in [0.4, 0.5) is 10.1 Å². The highest BCUT2D eigenvalue weighted by molar-refractivity contribution is 5.59. The topological polar surface area (TPSA) is 76.3 Å². The molecule has 2 aromatic carbocycles. The third-order valence-corrected chi connectivity index (χ3v) is 2.98. The zero-order valence-electron chi connectivity index (χ0n) is 10.8. The lowest BCUT2D eigenvalue weighted by Crippen LogP contribution is -2.08. The minimum Gasteiger partial charge on any atom is -0.508 e. The van der Waals surface area contributed by atoms with Gasteiger partial charge in [0, 0.05) is 11.6 Å². The van der Waals surface area contributed by atoms with Gasteiger partial charge in [0.2, 0.25) is 0 Å². The van der Waals surface area contributed by atoms with Crippen molar-refractivity contribution in [2.45, 2.75) is 13.0 Å². The van der Waals surface area contributed by atoms with Crippen LogP contribution in [0.15, 0.2) is 36.4 Å². The first-order valence-corrected chi connectivity index (χ1v) is 6.00. The fourth-order valence-electron chi connectivity index (χ4n) is 1.97.